The van der Waals surface area contributed by atoms with Crippen LogP contribution in [0.1, 0.15) is 65.7 Å². The molecule has 41 heavy (non-hydrogen) atoms. The zero-order valence-corrected chi connectivity index (χ0v) is 24.0. The molecule has 2 aliphatic heterocycles. The number of hydrogen-bond acceptors (Lipinski definition) is 12. The number of nitrogens with zero attached hydrogens (tertiary/aromatic N) is 1. The summed E-state index contributed by atoms with van der Waals surface area (Å²) in [4.78, 5) is 53.6. The van der Waals surface area contributed by atoms with Gasteiger partial charge in [-0.05, 0) is 45.4 Å². The average Bonchev–Trinajstić information content (AvgIpc) is 3.35. The summed E-state index contributed by atoms with van der Waals surface area (Å²) in [6.07, 6.45) is -2.91. The van der Waals surface area contributed by atoms with Crippen molar-refractivity contribution in [3.63, 3.8) is 0 Å². The number of nitrogens with one attached hydrogen (secondary N) is 1. The largest absolute Gasteiger partial charge is 0.465 e. The van der Waals surface area contributed by atoms with E-state index in [1.54, 1.807) is 13.8 Å². The Labute approximate surface area is 240 Å². The number of esters is 3. The average molecular weight is 585 g/mol. The molecule has 4 N–H and O–H groups in total. The number of likely N-dealkylation sites (tertiary alicyclic amines) is 1. The second-order valence-electron chi connectivity index (χ2n) is 10.8. The fraction of sp³-hybridized carbons (Fsp3) is 0.786. The number of carbonyl (C=O) groups is 4. The summed E-state index contributed by atoms with van der Waals surface area (Å²) >= 11 is 0. The predicted molar refractivity (Wildman–Crippen MR) is 143 cm³/mol. The Balaban J connectivity index is 1.78. The first kappa shape index (κ1) is 32.9. The molecule has 1 aliphatic carbocycles. The number of aliphatic hydroxyl groups is 3. The van der Waals surface area contributed by atoms with E-state index in [0.29, 0.717) is 25.7 Å². The van der Waals surface area contributed by atoms with Crippen LogP contribution in [0.15, 0.2) is 12.7 Å². The van der Waals surface area contributed by atoms with E-state index in [-0.39, 0.29) is 31.1 Å². The molecule has 0 aromatic carbocycles. The first-order valence-electron chi connectivity index (χ1n) is 14.5. The number of amides is 1. The number of hydrogen-bond donors (Lipinski definition) is 4. The van der Waals surface area contributed by atoms with Crippen LogP contribution >= 0.6 is 0 Å². The molecule has 10 atom stereocenters. The molecule has 5 unspecified atom stereocenters. The highest BCUT2D eigenvalue weighted by atomic mass is 16.7. The van der Waals surface area contributed by atoms with Gasteiger partial charge < -0.3 is 39.2 Å². The van der Waals surface area contributed by atoms with Crippen LogP contribution in [-0.2, 0) is 38.1 Å². The van der Waals surface area contributed by atoms with Gasteiger partial charge in [0.05, 0.1) is 12.6 Å². The summed E-state index contributed by atoms with van der Waals surface area (Å²) in [7, 11) is 0. The molecule has 1 saturated carbocycles. The number of ether oxygens (including phenoxy) is 4. The van der Waals surface area contributed by atoms with Crippen molar-refractivity contribution in [1.82, 2.24) is 10.2 Å². The highest BCUT2D eigenvalue weighted by molar-refractivity contribution is 5.89. The molecule has 3 aliphatic rings. The Bertz CT molecular complexity index is 946. The molecule has 232 valence electrons. The third-order valence-electron chi connectivity index (χ3n) is 7.96. The van der Waals surface area contributed by atoms with Crippen LogP contribution in [0.25, 0.3) is 0 Å². The third kappa shape index (κ3) is 7.63. The van der Waals surface area contributed by atoms with E-state index in [1.165, 1.54) is 11.0 Å². The summed E-state index contributed by atoms with van der Waals surface area (Å²) in [5.74, 6) is -2.68. The van der Waals surface area contributed by atoms with Gasteiger partial charge >= 0.3 is 17.9 Å². The van der Waals surface area contributed by atoms with Gasteiger partial charge in [-0.3, -0.25) is 14.9 Å². The van der Waals surface area contributed by atoms with E-state index in [0.717, 1.165) is 19.3 Å². The lowest BCUT2D eigenvalue weighted by Crippen LogP contribution is -2.61. The first-order valence-corrected chi connectivity index (χ1v) is 14.5. The van der Waals surface area contributed by atoms with Gasteiger partial charge in [-0.25, -0.2) is 9.59 Å². The zero-order valence-electron chi connectivity index (χ0n) is 24.0. The molecule has 3 rings (SSSR count). The normalized spacial score (nSPS) is 32.8. The minimum atomic E-state index is -1.87. The number of fused-ring (bicyclic) bond motifs is 1. The highest BCUT2D eigenvalue weighted by Gasteiger charge is 2.53. The second-order valence-corrected chi connectivity index (χ2v) is 10.8. The van der Waals surface area contributed by atoms with Gasteiger partial charge in [0.15, 0.2) is 6.10 Å². The molecule has 0 radical (unpaired) electrons. The van der Waals surface area contributed by atoms with Gasteiger partial charge in [0, 0.05) is 6.04 Å². The maximum atomic E-state index is 13.8. The summed E-state index contributed by atoms with van der Waals surface area (Å²) in [5.41, 5.74) is 0. The van der Waals surface area contributed by atoms with Gasteiger partial charge in [0.2, 0.25) is 12.2 Å². The van der Waals surface area contributed by atoms with E-state index >= 15 is 0 Å². The Morgan fingerprint density at radius 3 is 2.41 bits per heavy atom. The molecule has 13 nitrogen and oxygen atoms in total. The SMILES string of the molecule is C=CCOC(=O)C1O[C@H](OC(=O)C2C[C@@H]3CCCC[C@@H]3N2C(=O)C(C)NC(CCC)C(=O)OCC)[C@H](O)C(O)[C@H]1O. The van der Waals surface area contributed by atoms with Gasteiger partial charge in [0.1, 0.15) is 37.0 Å². The van der Waals surface area contributed by atoms with Crippen LogP contribution in [0.2, 0.25) is 0 Å². The Kier molecular flexibility index (Phi) is 12.1. The minimum absolute atomic E-state index is 0.0557. The lowest BCUT2D eigenvalue weighted by Gasteiger charge is -2.39. The molecule has 3 fully saturated rings. The topological polar surface area (TPSA) is 181 Å². The summed E-state index contributed by atoms with van der Waals surface area (Å²) in [6, 6.07) is -2.73. The number of carbonyl (C=O) groups excluding carboxylic acids is 4. The highest BCUT2D eigenvalue weighted by Crippen LogP contribution is 2.41. The second kappa shape index (κ2) is 15.1. The Morgan fingerprint density at radius 1 is 1.05 bits per heavy atom. The van der Waals surface area contributed by atoms with E-state index in [4.69, 9.17) is 18.9 Å². The van der Waals surface area contributed by atoms with Crippen LogP contribution in [0.4, 0.5) is 0 Å². The first-order chi connectivity index (χ1) is 19.5. The van der Waals surface area contributed by atoms with Crippen LogP contribution in [0, 0.1) is 5.92 Å². The minimum Gasteiger partial charge on any atom is -0.465 e. The van der Waals surface area contributed by atoms with Gasteiger partial charge in [-0.1, -0.05) is 38.8 Å². The van der Waals surface area contributed by atoms with Crippen molar-refractivity contribution in [3.05, 3.63) is 12.7 Å². The predicted octanol–water partition coefficient (Wildman–Crippen LogP) is -0.0640. The monoisotopic (exact) mass is 584 g/mol. The molecule has 0 bridgehead atoms. The fourth-order valence-corrected chi connectivity index (χ4v) is 5.94. The van der Waals surface area contributed by atoms with Gasteiger partial charge in [0.25, 0.3) is 0 Å². The number of aliphatic hydroxyl groups excluding tert-OH is 3. The summed E-state index contributed by atoms with van der Waals surface area (Å²) in [5, 5.41) is 34.1. The zero-order chi connectivity index (χ0) is 30.3. The van der Waals surface area contributed by atoms with Crippen molar-refractivity contribution in [2.75, 3.05) is 13.2 Å². The molecule has 0 aromatic rings. The molecular weight excluding hydrogens is 540 g/mol. The Morgan fingerprint density at radius 2 is 1.76 bits per heavy atom. The molecular formula is C28H44N2O11. The van der Waals surface area contributed by atoms with Gasteiger partial charge in [-0.2, -0.15) is 0 Å². The van der Waals surface area contributed by atoms with E-state index < -0.39 is 66.7 Å². The van der Waals surface area contributed by atoms with Crippen molar-refractivity contribution in [2.45, 2.75) is 121 Å². The van der Waals surface area contributed by atoms with Crippen LogP contribution in [0.3, 0.4) is 0 Å². The molecule has 13 heteroatoms. The number of rotatable bonds is 12. The summed E-state index contributed by atoms with van der Waals surface area (Å²) < 4.78 is 20.9. The van der Waals surface area contributed by atoms with E-state index in [2.05, 4.69) is 11.9 Å². The molecule has 1 amide bonds. The quantitative estimate of drug-likeness (QED) is 0.136. The van der Waals surface area contributed by atoms with Crippen molar-refractivity contribution < 1.29 is 53.4 Å². The van der Waals surface area contributed by atoms with E-state index in [9.17, 15) is 34.5 Å². The lowest BCUT2D eigenvalue weighted by atomic mass is 9.84. The lowest BCUT2D eigenvalue weighted by molar-refractivity contribution is -0.288. The van der Waals surface area contributed by atoms with Crippen LogP contribution in [0.5, 0.6) is 0 Å². The van der Waals surface area contributed by atoms with Gasteiger partial charge in [-0.15, -0.1) is 0 Å². The third-order valence-corrected chi connectivity index (χ3v) is 7.96. The maximum Gasteiger partial charge on any atom is 0.338 e. The van der Waals surface area contributed by atoms with E-state index in [1.807, 2.05) is 6.92 Å². The fourth-order valence-electron chi connectivity index (χ4n) is 5.94. The van der Waals surface area contributed by atoms with Crippen LogP contribution in [-0.4, -0.2) is 112 Å². The standard InChI is InChI=1S/C28H44N2O11/c1-5-10-17(25(35)38-7-3)29-15(4)24(34)30-18-12-9-8-11-16(18)14-19(30)26(36)41-28-22(33)20(31)21(32)23(40-28)27(37)39-13-6-2/h6,15-23,28-29,31-33H,2,5,7-14H2,1,3-4H3/t15?,16-,17?,18-,19?,20?,21+,22+,23?,28+/m0/s1. The molecule has 0 aromatic heterocycles. The van der Waals surface area contributed by atoms with Crippen molar-refractivity contribution in [2.24, 2.45) is 5.92 Å². The van der Waals surface area contributed by atoms with Crippen molar-refractivity contribution in [1.29, 1.82) is 0 Å². The molecule has 0 spiro atoms. The summed E-state index contributed by atoms with van der Waals surface area (Å²) in [6.45, 7) is 8.71. The molecule has 2 saturated heterocycles. The van der Waals surface area contributed by atoms with Crippen molar-refractivity contribution in [3.8, 4) is 0 Å². The Hall–Kier alpha value is -2.58. The van der Waals surface area contributed by atoms with Crippen LogP contribution < -0.4 is 5.32 Å². The smallest absolute Gasteiger partial charge is 0.338 e. The van der Waals surface area contributed by atoms with Crippen molar-refractivity contribution >= 4 is 23.8 Å². The maximum absolute atomic E-state index is 13.8. The molecule has 2 heterocycles.